The van der Waals surface area contributed by atoms with Gasteiger partial charge in [0.05, 0.1) is 17.3 Å². The molecule has 0 saturated carbocycles. The maximum absolute atomic E-state index is 9.36. The van der Waals surface area contributed by atoms with Crippen molar-refractivity contribution >= 4 is 7.12 Å². The van der Waals surface area contributed by atoms with Crippen molar-refractivity contribution in [2.24, 2.45) is 0 Å². The molecule has 0 aromatic rings. The van der Waals surface area contributed by atoms with Gasteiger partial charge in [0, 0.05) is 0 Å². The predicted octanol–water partition coefficient (Wildman–Crippen LogP) is 3.06. The van der Waals surface area contributed by atoms with Gasteiger partial charge >= 0.3 is 7.12 Å². The molecule has 1 fully saturated rings. The zero-order chi connectivity index (χ0) is 14.8. The van der Waals surface area contributed by atoms with E-state index >= 15 is 0 Å². The van der Waals surface area contributed by atoms with Crippen molar-refractivity contribution in [1.82, 2.24) is 0 Å². The van der Waals surface area contributed by atoms with Crippen LogP contribution in [0.15, 0.2) is 35.9 Å². The van der Waals surface area contributed by atoms with Crippen LogP contribution in [0.3, 0.4) is 0 Å². The SMILES string of the molecule is C=C(/C=C\C=C(/C)[C@@H](C)O)B1OC(C)(C)C(C)(C)O1. The summed E-state index contributed by atoms with van der Waals surface area (Å²) in [6, 6.07) is 0. The Morgan fingerprint density at radius 3 is 2.11 bits per heavy atom. The average Bonchev–Trinajstić information content (AvgIpc) is 2.47. The molecular weight excluding hydrogens is 239 g/mol. The van der Waals surface area contributed by atoms with Crippen molar-refractivity contribution < 1.29 is 14.4 Å². The van der Waals surface area contributed by atoms with Crippen LogP contribution in [0.5, 0.6) is 0 Å². The number of allylic oxidation sites excluding steroid dienone is 4. The van der Waals surface area contributed by atoms with Gasteiger partial charge in [-0.1, -0.05) is 24.8 Å². The van der Waals surface area contributed by atoms with Gasteiger partial charge < -0.3 is 14.4 Å². The van der Waals surface area contributed by atoms with Crippen LogP contribution in [-0.4, -0.2) is 29.5 Å². The third-order valence-corrected chi connectivity index (χ3v) is 3.88. The van der Waals surface area contributed by atoms with E-state index in [1.807, 2.05) is 52.8 Å². The molecule has 1 aliphatic heterocycles. The molecule has 0 amide bonds. The lowest BCUT2D eigenvalue weighted by Gasteiger charge is -2.32. The van der Waals surface area contributed by atoms with E-state index in [2.05, 4.69) is 6.58 Å². The first kappa shape index (κ1) is 16.2. The molecule has 106 valence electrons. The van der Waals surface area contributed by atoms with Crippen LogP contribution in [0, 0.1) is 0 Å². The van der Waals surface area contributed by atoms with Crippen LogP contribution in [0.25, 0.3) is 0 Å². The highest BCUT2D eigenvalue weighted by atomic mass is 16.7. The first-order valence-corrected chi connectivity index (χ1v) is 6.64. The zero-order valence-corrected chi connectivity index (χ0v) is 12.9. The van der Waals surface area contributed by atoms with E-state index in [1.165, 1.54) is 0 Å². The number of hydrogen-bond acceptors (Lipinski definition) is 3. The molecule has 1 heterocycles. The molecular formula is C15H25BO3. The smallest absolute Gasteiger partial charge is 0.399 e. The highest BCUT2D eigenvalue weighted by Crippen LogP contribution is 2.38. The van der Waals surface area contributed by atoms with E-state index in [0.29, 0.717) is 0 Å². The van der Waals surface area contributed by atoms with E-state index in [9.17, 15) is 5.11 Å². The Kier molecular flexibility index (Phi) is 4.83. The monoisotopic (exact) mass is 264 g/mol. The van der Waals surface area contributed by atoms with Crippen molar-refractivity contribution in [3.63, 3.8) is 0 Å². The van der Waals surface area contributed by atoms with Crippen molar-refractivity contribution in [1.29, 1.82) is 0 Å². The van der Waals surface area contributed by atoms with E-state index in [0.717, 1.165) is 11.0 Å². The van der Waals surface area contributed by atoms with Gasteiger partial charge in [0.15, 0.2) is 0 Å². The summed E-state index contributed by atoms with van der Waals surface area (Å²) in [5, 5.41) is 9.36. The van der Waals surface area contributed by atoms with Gasteiger partial charge in [0.1, 0.15) is 0 Å². The van der Waals surface area contributed by atoms with E-state index in [4.69, 9.17) is 9.31 Å². The molecule has 1 N–H and O–H groups in total. The Hall–Kier alpha value is -0.835. The molecule has 1 saturated heterocycles. The van der Waals surface area contributed by atoms with Gasteiger partial charge in [-0.3, -0.25) is 0 Å². The molecule has 3 nitrogen and oxygen atoms in total. The number of aliphatic hydroxyl groups excluding tert-OH is 1. The minimum Gasteiger partial charge on any atom is -0.399 e. The first-order chi connectivity index (χ1) is 8.57. The summed E-state index contributed by atoms with van der Waals surface area (Å²) in [4.78, 5) is 0. The fraction of sp³-hybridized carbons (Fsp3) is 0.600. The number of hydrogen-bond donors (Lipinski definition) is 1. The summed E-state index contributed by atoms with van der Waals surface area (Å²) in [7, 11) is -0.415. The summed E-state index contributed by atoms with van der Waals surface area (Å²) >= 11 is 0. The summed E-state index contributed by atoms with van der Waals surface area (Å²) in [6.45, 7) is 15.7. The summed E-state index contributed by atoms with van der Waals surface area (Å²) in [5.74, 6) is 0. The molecule has 0 aromatic carbocycles. The predicted molar refractivity (Wildman–Crippen MR) is 79.8 cm³/mol. The maximum Gasteiger partial charge on any atom is 0.494 e. The molecule has 1 aliphatic rings. The first-order valence-electron chi connectivity index (χ1n) is 6.64. The molecule has 0 aliphatic carbocycles. The molecule has 0 bridgehead atoms. The summed E-state index contributed by atoms with van der Waals surface area (Å²) in [5.41, 5.74) is 0.978. The van der Waals surface area contributed by atoms with Crippen molar-refractivity contribution in [2.75, 3.05) is 0 Å². The summed E-state index contributed by atoms with van der Waals surface area (Å²) in [6.07, 6.45) is 5.14. The molecule has 1 atom stereocenters. The van der Waals surface area contributed by atoms with Gasteiger partial charge in [-0.05, 0) is 52.6 Å². The largest absolute Gasteiger partial charge is 0.494 e. The second-order valence-electron chi connectivity index (χ2n) is 6.11. The van der Waals surface area contributed by atoms with Crippen molar-refractivity contribution in [2.45, 2.75) is 58.8 Å². The number of aliphatic hydroxyl groups is 1. The van der Waals surface area contributed by atoms with Gasteiger partial charge in [0.2, 0.25) is 0 Å². The second-order valence-corrected chi connectivity index (χ2v) is 6.11. The molecule has 4 heteroatoms. The maximum atomic E-state index is 9.36. The lowest BCUT2D eigenvalue weighted by Crippen LogP contribution is -2.41. The van der Waals surface area contributed by atoms with Crippen LogP contribution in [-0.2, 0) is 9.31 Å². The van der Waals surface area contributed by atoms with Crippen LogP contribution < -0.4 is 0 Å². The highest BCUT2D eigenvalue weighted by molar-refractivity contribution is 6.55. The fourth-order valence-electron chi connectivity index (χ4n) is 1.54. The molecule has 0 aromatic heterocycles. The van der Waals surface area contributed by atoms with Gasteiger partial charge in [-0.15, -0.1) is 0 Å². The highest BCUT2D eigenvalue weighted by Gasteiger charge is 2.51. The molecule has 19 heavy (non-hydrogen) atoms. The quantitative estimate of drug-likeness (QED) is 0.626. The van der Waals surface area contributed by atoms with E-state index in [-0.39, 0.29) is 11.2 Å². The molecule has 0 radical (unpaired) electrons. The lowest BCUT2D eigenvalue weighted by molar-refractivity contribution is 0.00578. The van der Waals surface area contributed by atoms with E-state index in [1.54, 1.807) is 6.92 Å². The standard InChI is InChI=1S/C15H25BO3/c1-11(13(3)17)9-8-10-12(2)16-18-14(4,5)15(6,7)19-16/h8-10,13,17H,2H2,1,3-7H3/b10-8-,11-9+/t13-/m1/s1. The third kappa shape index (κ3) is 3.82. The Bertz CT molecular complexity index is 390. The fourth-order valence-corrected chi connectivity index (χ4v) is 1.54. The second kappa shape index (κ2) is 5.65. The van der Waals surface area contributed by atoms with Gasteiger partial charge in [0.25, 0.3) is 0 Å². The van der Waals surface area contributed by atoms with Crippen LogP contribution >= 0.6 is 0 Å². The Morgan fingerprint density at radius 2 is 1.68 bits per heavy atom. The average molecular weight is 264 g/mol. The summed E-state index contributed by atoms with van der Waals surface area (Å²) < 4.78 is 11.8. The minimum absolute atomic E-state index is 0.347. The van der Waals surface area contributed by atoms with Gasteiger partial charge in [-0.25, -0.2) is 0 Å². The Morgan fingerprint density at radius 1 is 1.21 bits per heavy atom. The van der Waals surface area contributed by atoms with Gasteiger partial charge in [-0.2, -0.15) is 0 Å². The molecule has 0 unspecified atom stereocenters. The van der Waals surface area contributed by atoms with Crippen molar-refractivity contribution in [3.8, 4) is 0 Å². The molecule has 1 rings (SSSR count). The Balaban J connectivity index is 2.67. The zero-order valence-electron chi connectivity index (χ0n) is 12.9. The number of rotatable bonds is 4. The van der Waals surface area contributed by atoms with Crippen LogP contribution in [0.1, 0.15) is 41.5 Å². The lowest BCUT2D eigenvalue weighted by atomic mass is 9.79. The van der Waals surface area contributed by atoms with Crippen LogP contribution in [0.4, 0.5) is 0 Å². The third-order valence-electron chi connectivity index (χ3n) is 3.88. The Labute approximate surface area is 117 Å². The van der Waals surface area contributed by atoms with Crippen LogP contribution in [0.2, 0.25) is 0 Å². The minimum atomic E-state index is -0.435. The topological polar surface area (TPSA) is 38.7 Å². The van der Waals surface area contributed by atoms with E-state index < -0.39 is 13.2 Å². The normalized spacial score (nSPS) is 23.9. The molecule has 0 spiro atoms. The van der Waals surface area contributed by atoms with Crippen molar-refractivity contribution in [3.05, 3.63) is 35.9 Å².